The minimum atomic E-state index is -3.92. The van der Waals surface area contributed by atoms with E-state index in [2.05, 4.69) is 4.98 Å². The zero-order valence-electron chi connectivity index (χ0n) is 18.7. The SMILES string of the molecule is O=C(NC[C@H]1CN(c2ccc(N3CCON(S(=O)(=O)c4ccncc4)CC3)c(F)c2)C(=O)O1)C(F)F. The maximum Gasteiger partial charge on any atom is 0.414 e. The number of halogens is 3. The van der Waals surface area contributed by atoms with Crippen LogP contribution in [0.3, 0.4) is 0 Å². The number of pyridine rings is 1. The molecular formula is C21H22F3N5O6S. The Balaban J connectivity index is 1.41. The predicted octanol–water partition coefficient (Wildman–Crippen LogP) is 1.37. The van der Waals surface area contributed by atoms with Gasteiger partial charge in [0.15, 0.2) is 0 Å². The molecular weight excluding hydrogens is 507 g/mol. The summed E-state index contributed by atoms with van der Waals surface area (Å²) in [5, 5.41) is 1.98. The quantitative estimate of drug-likeness (QED) is 0.571. The Bertz CT molecular complexity index is 1220. The van der Waals surface area contributed by atoms with Gasteiger partial charge in [0.1, 0.15) is 11.9 Å². The number of ether oxygens (including phenoxy) is 1. The van der Waals surface area contributed by atoms with E-state index in [9.17, 15) is 26.8 Å². The van der Waals surface area contributed by atoms with Gasteiger partial charge >= 0.3 is 12.5 Å². The van der Waals surface area contributed by atoms with Crippen molar-refractivity contribution in [1.29, 1.82) is 0 Å². The van der Waals surface area contributed by atoms with Crippen LogP contribution in [-0.2, 0) is 24.4 Å². The lowest BCUT2D eigenvalue weighted by molar-refractivity contribution is -0.132. The number of aromatic nitrogens is 1. The molecule has 0 bridgehead atoms. The minimum Gasteiger partial charge on any atom is -0.442 e. The molecule has 2 fully saturated rings. The molecule has 2 aliphatic heterocycles. The van der Waals surface area contributed by atoms with E-state index in [-0.39, 0.29) is 55.6 Å². The number of nitrogens with one attached hydrogen (secondary N) is 1. The second-order valence-corrected chi connectivity index (χ2v) is 9.66. The molecule has 4 rings (SSSR count). The van der Waals surface area contributed by atoms with Crippen molar-refractivity contribution in [2.45, 2.75) is 17.4 Å². The third-order valence-corrected chi connectivity index (χ3v) is 7.22. The number of carbonyl (C=O) groups is 2. The molecule has 2 amide bonds. The van der Waals surface area contributed by atoms with E-state index in [1.54, 1.807) is 4.90 Å². The number of amides is 2. The van der Waals surface area contributed by atoms with Crippen molar-refractivity contribution in [3.8, 4) is 0 Å². The molecule has 11 nitrogen and oxygen atoms in total. The van der Waals surface area contributed by atoms with Gasteiger partial charge in [0, 0.05) is 25.5 Å². The highest BCUT2D eigenvalue weighted by atomic mass is 32.2. The van der Waals surface area contributed by atoms with Gasteiger partial charge in [-0.1, -0.05) is 4.47 Å². The highest BCUT2D eigenvalue weighted by Gasteiger charge is 2.34. The van der Waals surface area contributed by atoms with Crippen LogP contribution in [0.25, 0.3) is 0 Å². The number of hydrogen-bond donors (Lipinski definition) is 1. The standard InChI is InChI=1S/C21H22F3N5O6S/c22-17-11-14(28-13-15(35-21(28)31)12-26-20(30)19(23)24)1-2-18(17)27-7-8-29(34-10-9-27)36(32,33)16-3-5-25-6-4-16/h1-6,11,15,19H,7-10,12-13H2,(H,26,30)/t15-/m0/s1. The van der Waals surface area contributed by atoms with Crippen molar-refractivity contribution in [3.05, 3.63) is 48.5 Å². The summed E-state index contributed by atoms with van der Waals surface area (Å²) in [4.78, 5) is 35.2. The highest BCUT2D eigenvalue weighted by molar-refractivity contribution is 7.89. The monoisotopic (exact) mass is 529 g/mol. The van der Waals surface area contributed by atoms with E-state index in [0.717, 1.165) is 15.4 Å². The van der Waals surface area contributed by atoms with Gasteiger partial charge in [-0.2, -0.15) is 8.78 Å². The highest BCUT2D eigenvalue weighted by Crippen LogP contribution is 2.29. The first-order valence-corrected chi connectivity index (χ1v) is 12.2. The Morgan fingerprint density at radius 1 is 1.17 bits per heavy atom. The van der Waals surface area contributed by atoms with Gasteiger partial charge in [-0.15, -0.1) is 0 Å². The van der Waals surface area contributed by atoms with Crippen molar-refractivity contribution < 1.29 is 40.8 Å². The number of alkyl halides is 2. The number of hydroxylamine groups is 1. The molecule has 3 heterocycles. The fourth-order valence-corrected chi connectivity index (χ4v) is 4.98. The van der Waals surface area contributed by atoms with Crippen LogP contribution in [0.1, 0.15) is 0 Å². The Morgan fingerprint density at radius 2 is 1.92 bits per heavy atom. The van der Waals surface area contributed by atoms with Gasteiger partial charge in [0.2, 0.25) is 0 Å². The average molecular weight is 529 g/mol. The Kier molecular flexibility index (Phi) is 7.61. The molecule has 1 aromatic heterocycles. The van der Waals surface area contributed by atoms with E-state index in [1.165, 1.54) is 36.7 Å². The second kappa shape index (κ2) is 10.7. The van der Waals surface area contributed by atoms with Crippen LogP contribution < -0.4 is 15.1 Å². The summed E-state index contributed by atoms with van der Waals surface area (Å²) in [6.07, 6.45) is -2.16. The second-order valence-electron chi connectivity index (χ2n) is 7.83. The summed E-state index contributed by atoms with van der Waals surface area (Å²) >= 11 is 0. The summed E-state index contributed by atoms with van der Waals surface area (Å²) < 4.78 is 71.2. The molecule has 1 atom stereocenters. The maximum absolute atomic E-state index is 15.0. The molecule has 1 N–H and O–H groups in total. The van der Waals surface area contributed by atoms with Crippen molar-refractivity contribution in [2.75, 3.05) is 49.1 Å². The lowest BCUT2D eigenvalue weighted by Crippen LogP contribution is -2.37. The first-order valence-electron chi connectivity index (χ1n) is 10.8. The van der Waals surface area contributed by atoms with Gasteiger partial charge < -0.3 is 15.0 Å². The van der Waals surface area contributed by atoms with E-state index >= 15 is 4.39 Å². The van der Waals surface area contributed by atoms with E-state index in [1.807, 2.05) is 5.32 Å². The topological polar surface area (TPSA) is 121 Å². The molecule has 0 spiro atoms. The largest absolute Gasteiger partial charge is 0.442 e. The number of sulfonamides is 1. The number of hydrogen-bond acceptors (Lipinski definition) is 8. The van der Waals surface area contributed by atoms with Gasteiger partial charge in [-0.05, 0) is 30.3 Å². The summed E-state index contributed by atoms with van der Waals surface area (Å²) in [6, 6.07) is 6.74. The van der Waals surface area contributed by atoms with Crippen molar-refractivity contribution >= 4 is 33.4 Å². The van der Waals surface area contributed by atoms with Gasteiger partial charge in [0.25, 0.3) is 15.9 Å². The molecule has 194 valence electrons. The smallest absolute Gasteiger partial charge is 0.414 e. The fourth-order valence-electron chi connectivity index (χ4n) is 3.74. The van der Waals surface area contributed by atoms with Crippen molar-refractivity contribution in [1.82, 2.24) is 14.8 Å². The number of anilines is 2. The van der Waals surface area contributed by atoms with Gasteiger partial charge in [-0.3, -0.25) is 19.5 Å². The fraction of sp³-hybridized carbons (Fsp3) is 0.381. The van der Waals surface area contributed by atoms with E-state index < -0.39 is 40.4 Å². The summed E-state index contributed by atoms with van der Waals surface area (Å²) in [5.41, 5.74) is 0.357. The van der Waals surface area contributed by atoms with E-state index in [0.29, 0.717) is 0 Å². The Labute approximate surface area is 204 Å². The number of nitrogens with zero attached hydrogens (tertiary/aromatic N) is 4. The van der Waals surface area contributed by atoms with Crippen LogP contribution in [0.5, 0.6) is 0 Å². The Morgan fingerprint density at radius 3 is 2.61 bits per heavy atom. The molecule has 15 heteroatoms. The van der Waals surface area contributed by atoms with Crippen molar-refractivity contribution in [3.63, 3.8) is 0 Å². The van der Waals surface area contributed by atoms with Gasteiger partial charge in [-0.25, -0.2) is 17.6 Å². The number of carbonyl (C=O) groups excluding carboxylic acids is 2. The lowest BCUT2D eigenvalue weighted by Gasteiger charge is -2.24. The van der Waals surface area contributed by atoms with Gasteiger partial charge in [0.05, 0.1) is 42.5 Å². The molecule has 2 aromatic rings. The predicted molar refractivity (Wildman–Crippen MR) is 119 cm³/mol. The molecule has 36 heavy (non-hydrogen) atoms. The van der Waals surface area contributed by atoms with Crippen LogP contribution in [0.4, 0.5) is 29.3 Å². The third kappa shape index (κ3) is 5.52. The minimum absolute atomic E-state index is 0.0179. The molecule has 2 aliphatic rings. The first kappa shape index (κ1) is 25.7. The molecule has 0 saturated carbocycles. The first-order chi connectivity index (χ1) is 17.2. The molecule has 2 saturated heterocycles. The average Bonchev–Trinajstić information content (AvgIpc) is 3.06. The van der Waals surface area contributed by atoms with Crippen molar-refractivity contribution in [2.24, 2.45) is 0 Å². The van der Waals surface area contributed by atoms with Crippen LogP contribution in [-0.4, -0.2) is 81.7 Å². The lowest BCUT2D eigenvalue weighted by atomic mass is 10.2. The Hall–Kier alpha value is -3.43. The molecule has 0 aliphatic carbocycles. The number of cyclic esters (lactones) is 1. The normalized spacial score (nSPS) is 19.3. The maximum atomic E-state index is 15.0. The molecule has 0 unspecified atom stereocenters. The summed E-state index contributed by atoms with van der Waals surface area (Å²) in [5.74, 6) is -2.14. The number of benzene rings is 1. The molecule has 1 aromatic carbocycles. The zero-order valence-corrected chi connectivity index (χ0v) is 19.5. The number of rotatable bonds is 7. The van der Waals surface area contributed by atoms with Crippen LogP contribution in [0.2, 0.25) is 0 Å². The van der Waals surface area contributed by atoms with Crippen LogP contribution in [0.15, 0.2) is 47.6 Å². The third-order valence-electron chi connectivity index (χ3n) is 5.52. The van der Waals surface area contributed by atoms with E-state index in [4.69, 9.17) is 9.57 Å². The molecule has 0 radical (unpaired) electrons. The van der Waals surface area contributed by atoms with Crippen LogP contribution in [0, 0.1) is 5.82 Å². The zero-order chi connectivity index (χ0) is 25.9. The summed E-state index contributed by atoms with van der Waals surface area (Å²) in [7, 11) is -3.92. The summed E-state index contributed by atoms with van der Waals surface area (Å²) in [6.45, 7) is -0.111. The van der Waals surface area contributed by atoms with Crippen LogP contribution >= 0.6 is 0 Å².